The van der Waals surface area contributed by atoms with Crippen molar-refractivity contribution in [2.45, 2.75) is 6.42 Å². The number of benzene rings is 2. The van der Waals surface area contributed by atoms with Gasteiger partial charge in [0.1, 0.15) is 5.82 Å². The number of hydrogen-bond donors (Lipinski definition) is 2. The van der Waals surface area contributed by atoms with Gasteiger partial charge in [-0.2, -0.15) is 0 Å². The number of nitrogen functional groups attached to an aromatic ring is 1. The molecule has 0 fully saturated rings. The lowest BCUT2D eigenvalue weighted by Gasteiger charge is -2.11. The molecule has 3 N–H and O–H groups in total. The highest BCUT2D eigenvalue weighted by atomic mass is 19.1. The maximum Gasteiger partial charge on any atom is 0.340 e. The Labute approximate surface area is 122 Å². The molecule has 0 saturated carbocycles. The standard InChI is InChI=1S/C16H17FN2O2/c1-21-16(20)12-9-15(13(17)10-14(12)18)19-8-7-11-5-3-2-4-6-11/h2-6,9-10,19H,7-8,18H2,1H3. The van der Waals surface area contributed by atoms with Gasteiger partial charge in [-0.05, 0) is 24.1 Å². The van der Waals surface area contributed by atoms with E-state index >= 15 is 0 Å². The molecule has 4 nitrogen and oxygen atoms in total. The molecule has 0 aliphatic carbocycles. The zero-order valence-corrected chi connectivity index (χ0v) is 11.7. The van der Waals surface area contributed by atoms with Crippen LogP contribution in [0.15, 0.2) is 42.5 Å². The van der Waals surface area contributed by atoms with Crippen LogP contribution in [0.4, 0.5) is 15.8 Å². The number of hydrogen-bond acceptors (Lipinski definition) is 4. The number of nitrogens with two attached hydrogens (primary N) is 1. The summed E-state index contributed by atoms with van der Waals surface area (Å²) in [4.78, 5) is 11.5. The van der Waals surface area contributed by atoms with Gasteiger partial charge in [0.2, 0.25) is 0 Å². The molecule has 0 saturated heterocycles. The number of methoxy groups -OCH3 is 1. The predicted octanol–water partition coefficient (Wildman–Crippen LogP) is 2.85. The van der Waals surface area contributed by atoms with Crippen molar-refractivity contribution in [3.8, 4) is 0 Å². The molecular weight excluding hydrogens is 271 g/mol. The van der Waals surface area contributed by atoms with Crippen LogP contribution in [-0.4, -0.2) is 19.6 Å². The van der Waals surface area contributed by atoms with Crippen molar-refractivity contribution in [1.29, 1.82) is 0 Å². The lowest BCUT2D eigenvalue weighted by Crippen LogP contribution is -2.11. The number of halogens is 1. The number of ether oxygens (including phenoxy) is 1. The average Bonchev–Trinajstić information content (AvgIpc) is 2.49. The molecule has 0 unspecified atom stereocenters. The summed E-state index contributed by atoms with van der Waals surface area (Å²) in [6.45, 7) is 0.547. The first-order valence-electron chi connectivity index (χ1n) is 6.57. The van der Waals surface area contributed by atoms with Crippen LogP contribution in [0.2, 0.25) is 0 Å². The van der Waals surface area contributed by atoms with Crippen LogP contribution in [0.5, 0.6) is 0 Å². The molecule has 2 aromatic rings. The van der Waals surface area contributed by atoms with E-state index in [1.165, 1.54) is 13.2 Å². The largest absolute Gasteiger partial charge is 0.465 e. The monoisotopic (exact) mass is 288 g/mol. The normalized spacial score (nSPS) is 10.2. The molecule has 0 radical (unpaired) electrons. The van der Waals surface area contributed by atoms with Gasteiger partial charge in [0.15, 0.2) is 0 Å². The van der Waals surface area contributed by atoms with E-state index in [0.29, 0.717) is 6.54 Å². The van der Waals surface area contributed by atoms with Crippen molar-refractivity contribution in [2.24, 2.45) is 0 Å². The minimum atomic E-state index is -0.585. The number of nitrogens with one attached hydrogen (secondary N) is 1. The van der Waals surface area contributed by atoms with E-state index in [9.17, 15) is 9.18 Å². The topological polar surface area (TPSA) is 64.3 Å². The molecule has 0 spiro atoms. The van der Waals surface area contributed by atoms with Crippen molar-refractivity contribution in [3.05, 3.63) is 59.4 Å². The Kier molecular flexibility index (Phi) is 4.77. The van der Waals surface area contributed by atoms with Crippen LogP contribution in [0.1, 0.15) is 15.9 Å². The second-order valence-corrected chi connectivity index (χ2v) is 4.57. The average molecular weight is 288 g/mol. The summed E-state index contributed by atoms with van der Waals surface area (Å²) in [5, 5.41) is 2.97. The minimum absolute atomic E-state index is 0.0629. The van der Waals surface area contributed by atoms with Gasteiger partial charge >= 0.3 is 5.97 Å². The van der Waals surface area contributed by atoms with Gasteiger partial charge in [-0.25, -0.2) is 9.18 Å². The van der Waals surface area contributed by atoms with E-state index in [-0.39, 0.29) is 16.9 Å². The van der Waals surface area contributed by atoms with Crippen LogP contribution in [0.25, 0.3) is 0 Å². The Hall–Kier alpha value is -2.56. The van der Waals surface area contributed by atoms with Gasteiger partial charge in [-0.15, -0.1) is 0 Å². The maximum absolute atomic E-state index is 13.8. The van der Waals surface area contributed by atoms with Gasteiger partial charge in [-0.1, -0.05) is 30.3 Å². The van der Waals surface area contributed by atoms with Gasteiger partial charge in [0, 0.05) is 12.2 Å². The van der Waals surface area contributed by atoms with Crippen molar-refractivity contribution in [1.82, 2.24) is 0 Å². The molecular formula is C16H17FN2O2. The molecule has 0 amide bonds. The van der Waals surface area contributed by atoms with E-state index in [0.717, 1.165) is 18.1 Å². The zero-order chi connectivity index (χ0) is 15.2. The summed E-state index contributed by atoms with van der Waals surface area (Å²) in [7, 11) is 1.26. The van der Waals surface area contributed by atoms with E-state index in [2.05, 4.69) is 10.1 Å². The first-order valence-corrected chi connectivity index (χ1v) is 6.57. The predicted molar refractivity (Wildman–Crippen MR) is 80.8 cm³/mol. The fourth-order valence-electron chi connectivity index (χ4n) is 2.00. The fourth-order valence-corrected chi connectivity index (χ4v) is 2.00. The molecule has 0 aromatic heterocycles. The summed E-state index contributed by atoms with van der Waals surface area (Å²) < 4.78 is 18.4. The van der Waals surface area contributed by atoms with E-state index in [1.54, 1.807) is 0 Å². The second kappa shape index (κ2) is 6.74. The Morgan fingerprint density at radius 1 is 1.29 bits per heavy atom. The van der Waals surface area contributed by atoms with E-state index in [1.807, 2.05) is 30.3 Å². The number of esters is 1. The number of carbonyl (C=O) groups is 1. The molecule has 21 heavy (non-hydrogen) atoms. The summed E-state index contributed by atoms with van der Waals surface area (Å²) in [6.07, 6.45) is 0.748. The third-order valence-electron chi connectivity index (χ3n) is 3.12. The van der Waals surface area contributed by atoms with Crippen LogP contribution in [0.3, 0.4) is 0 Å². The molecule has 5 heteroatoms. The lowest BCUT2D eigenvalue weighted by atomic mass is 10.1. The molecule has 110 valence electrons. The Morgan fingerprint density at radius 2 is 2.00 bits per heavy atom. The van der Waals surface area contributed by atoms with Crippen LogP contribution in [-0.2, 0) is 11.2 Å². The molecule has 0 atom stereocenters. The zero-order valence-electron chi connectivity index (χ0n) is 11.7. The van der Waals surface area contributed by atoms with Crippen LogP contribution < -0.4 is 11.1 Å². The van der Waals surface area contributed by atoms with Gasteiger partial charge in [0.05, 0.1) is 18.4 Å². The van der Waals surface area contributed by atoms with Crippen LogP contribution in [0, 0.1) is 5.82 Å². The molecule has 2 aromatic carbocycles. The summed E-state index contributed by atoms with van der Waals surface area (Å²) >= 11 is 0. The minimum Gasteiger partial charge on any atom is -0.465 e. The first-order chi connectivity index (χ1) is 10.1. The number of rotatable bonds is 5. The Balaban J connectivity index is 2.07. The summed E-state index contributed by atoms with van der Waals surface area (Å²) in [5.74, 6) is -1.08. The highest BCUT2D eigenvalue weighted by molar-refractivity contribution is 5.96. The highest BCUT2D eigenvalue weighted by Crippen LogP contribution is 2.23. The Bertz CT molecular complexity index is 630. The van der Waals surface area contributed by atoms with Crippen molar-refractivity contribution in [3.63, 3.8) is 0 Å². The number of anilines is 2. The third kappa shape index (κ3) is 3.72. The van der Waals surface area contributed by atoms with Crippen molar-refractivity contribution in [2.75, 3.05) is 24.7 Å². The molecule has 0 aliphatic heterocycles. The summed E-state index contributed by atoms with van der Waals surface area (Å²) in [5.41, 5.74) is 7.22. The molecule has 0 heterocycles. The highest BCUT2D eigenvalue weighted by Gasteiger charge is 2.14. The van der Waals surface area contributed by atoms with Gasteiger partial charge in [-0.3, -0.25) is 0 Å². The van der Waals surface area contributed by atoms with E-state index in [4.69, 9.17) is 5.73 Å². The smallest absolute Gasteiger partial charge is 0.340 e. The molecule has 2 rings (SSSR count). The fraction of sp³-hybridized carbons (Fsp3) is 0.188. The van der Waals surface area contributed by atoms with Crippen molar-refractivity contribution < 1.29 is 13.9 Å². The van der Waals surface area contributed by atoms with Crippen LogP contribution >= 0.6 is 0 Å². The number of carbonyl (C=O) groups excluding carboxylic acids is 1. The second-order valence-electron chi connectivity index (χ2n) is 4.57. The molecule has 0 aliphatic rings. The quantitative estimate of drug-likeness (QED) is 0.656. The lowest BCUT2D eigenvalue weighted by molar-refractivity contribution is 0.0602. The van der Waals surface area contributed by atoms with Gasteiger partial charge in [0.25, 0.3) is 0 Å². The SMILES string of the molecule is COC(=O)c1cc(NCCc2ccccc2)c(F)cc1N. The first kappa shape index (κ1) is 14.8. The van der Waals surface area contributed by atoms with E-state index < -0.39 is 11.8 Å². The molecule has 0 bridgehead atoms. The van der Waals surface area contributed by atoms with Crippen molar-refractivity contribution >= 4 is 17.3 Å². The third-order valence-corrected chi connectivity index (χ3v) is 3.12. The Morgan fingerprint density at radius 3 is 2.67 bits per heavy atom. The summed E-state index contributed by atoms with van der Waals surface area (Å²) in [6, 6.07) is 12.3. The van der Waals surface area contributed by atoms with Gasteiger partial charge < -0.3 is 15.8 Å². The maximum atomic E-state index is 13.8.